The molecule has 0 saturated heterocycles. The summed E-state index contributed by atoms with van der Waals surface area (Å²) in [5.74, 6) is 0.360. The van der Waals surface area contributed by atoms with Crippen molar-refractivity contribution in [3.05, 3.63) is 27.7 Å². The quantitative estimate of drug-likeness (QED) is 0.603. The van der Waals surface area contributed by atoms with E-state index >= 15 is 0 Å². The SMILES string of the molecule is CN=C(N)Nc1ccc(Br)c(Cl)c1. The Morgan fingerprint density at radius 3 is 2.85 bits per heavy atom. The zero-order valence-corrected chi connectivity index (χ0v) is 9.35. The summed E-state index contributed by atoms with van der Waals surface area (Å²) in [6.07, 6.45) is 0. The summed E-state index contributed by atoms with van der Waals surface area (Å²) >= 11 is 9.16. The molecule has 5 heteroatoms. The predicted molar refractivity (Wildman–Crippen MR) is 60.3 cm³/mol. The summed E-state index contributed by atoms with van der Waals surface area (Å²) in [6.45, 7) is 0. The van der Waals surface area contributed by atoms with Crippen LogP contribution in [0.5, 0.6) is 0 Å². The van der Waals surface area contributed by atoms with Gasteiger partial charge in [-0.05, 0) is 34.1 Å². The van der Waals surface area contributed by atoms with E-state index in [1.807, 2.05) is 12.1 Å². The molecular formula is C8H9BrClN3. The van der Waals surface area contributed by atoms with Crippen molar-refractivity contribution in [2.75, 3.05) is 12.4 Å². The second-order valence-corrected chi connectivity index (χ2v) is 3.62. The molecule has 1 rings (SSSR count). The number of rotatable bonds is 1. The minimum absolute atomic E-state index is 0.360. The smallest absolute Gasteiger partial charge is 0.192 e. The highest BCUT2D eigenvalue weighted by atomic mass is 79.9. The monoisotopic (exact) mass is 261 g/mol. The molecule has 0 aliphatic rings. The largest absolute Gasteiger partial charge is 0.370 e. The van der Waals surface area contributed by atoms with Crippen LogP contribution in [0.2, 0.25) is 5.02 Å². The van der Waals surface area contributed by atoms with Gasteiger partial charge in [0.2, 0.25) is 0 Å². The number of hydrogen-bond donors (Lipinski definition) is 2. The number of benzene rings is 1. The van der Waals surface area contributed by atoms with Gasteiger partial charge in [-0.25, -0.2) is 0 Å². The number of nitrogens with zero attached hydrogens (tertiary/aromatic N) is 1. The molecule has 0 bridgehead atoms. The zero-order chi connectivity index (χ0) is 9.84. The molecule has 3 N–H and O–H groups in total. The molecule has 0 unspecified atom stereocenters. The van der Waals surface area contributed by atoms with E-state index in [1.165, 1.54) is 0 Å². The number of nitrogens with one attached hydrogen (secondary N) is 1. The molecule has 3 nitrogen and oxygen atoms in total. The zero-order valence-electron chi connectivity index (χ0n) is 7.01. The lowest BCUT2D eigenvalue weighted by atomic mass is 10.3. The van der Waals surface area contributed by atoms with Gasteiger partial charge >= 0.3 is 0 Å². The van der Waals surface area contributed by atoms with Crippen molar-refractivity contribution in [2.24, 2.45) is 10.7 Å². The number of guanidine groups is 1. The van der Waals surface area contributed by atoms with E-state index < -0.39 is 0 Å². The standard InChI is InChI=1S/C8H9BrClN3/c1-12-8(11)13-5-2-3-6(9)7(10)4-5/h2-4H,1H3,(H3,11,12,13). The third-order valence-electron chi connectivity index (χ3n) is 1.43. The van der Waals surface area contributed by atoms with Gasteiger partial charge in [0.05, 0.1) is 5.02 Å². The first-order valence-corrected chi connectivity index (χ1v) is 4.75. The van der Waals surface area contributed by atoms with E-state index in [-0.39, 0.29) is 0 Å². The number of hydrogen-bond acceptors (Lipinski definition) is 1. The Kier molecular flexibility index (Phi) is 3.57. The van der Waals surface area contributed by atoms with E-state index in [4.69, 9.17) is 17.3 Å². The Morgan fingerprint density at radius 2 is 2.31 bits per heavy atom. The van der Waals surface area contributed by atoms with E-state index in [1.54, 1.807) is 13.1 Å². The van der Waals surface area contributed by atoms with Gasteiger partial charge in [0.15, 0.2) is 5.96 Å². The molecule has 0 radical (unpaired) electrons. The Balaban J connectivity index is 2.86. The number of nitrogens with two attached hydrogens (primary N) is 1. The highest BCUT2D eigenvalue weighted by Gasteiger charge is 1.98. The molecule has 0 amide bonds. The van der Waals surface area contributed by atoms with Crippen molar-refractivity contribution in [1.82, 2.24) is 0 Å². The molecule has 0 fully saturated rings. The fourth-order valence-corrected chi connectivity index (χ4v) is 1.20. The maximum absolute atomic E-state index is 5.87. The van der Waals surface area contributed by atoms with Crippen LogP contribution in [0.3, 0.4) is 0 Å². The normalized spacial score (nSPS) is 11.5. The maximum Gasteiger partial charge on any atom is 0.192 e. The first-order valence-electron chi connectivity index (χ1n) is 3.58. The van der Waals surface area contributed by atoms with Crippen LogP contribution in [0.15, 0.2) is 27.7 Å². The molecule has 70 valence electrons. The molecule has 0 atom stereocenters. The number of halogens is 2. The average Bonchev–Trinajstić information content (AvgIpc) is 2.11. The molecule has 0 heterocycles. The van der Waals surface area contributed by atoms with Gasteiger partial charge in [-0.1, -0.05) is 11.6 Å². The molecule has 0 aromatic heterocycles. The first-order chi connectivity index (χ1) is 6.13. The fraction of sp³-hybridized carbons (Fsp3) is 0.125. The second-order valence-electron chi connectivity index (χ2n) is 2.36. The predicted octanol–water partition coefficient (Wildman–Crippen LogP) is 2.46. The van der Waals surface area contributed by atoms with E-state index in [2.05, 4.69) is 26.2 Å². The number of anilines is 1. The third kappa shape index (κ3) is 2.90. The van der Waals surface area contributed by atoms with Crippen molar-refractivity contribution < 1.29 is 0 Å². The van der Waals surface area contributed by atoms with Gasteiger partial charge in [-0.15, -0.1) is 0 Å². The summed E-state index contributed by atoms with van der Waals surface area (Å²) in [4.78, 5) is 3.76. The van der Waals surface area contributed by atoms with Crippen LogP contribution in [0.25, 0.3) is 0 Å². The van der Waals surface area contributed by atoms with Crippen molar-refractivity contribution in [2.45, 2.75) is 0 Å². The van der Waals surface area contributed by atoms with Crippen LogP contribution in [0, 0.1) is 0 Å². The highest BCUT2D eigenvalue weighted by Crippen LogP contribution is 2.25. The molecule has 1 aromatic carbocycles. The lowest BCUT2D eigenvalue weighted by molar-refractivity contribution is 1.38. The second kappa shape index (κ2) is 4.48. The lowest BCUT2D eigenvalue weighted by Crippen LogP contribution is -2.21. The van der Waals surface area contributed by atoms with E-state index in [9.17, 15) is 0 Å². The van der Waals surface area contributed by atoms with Crippen molar-refractivity contribution >= 4 is 39.2 Å². The third-order valence-corrected chi connectivity index (χ3v) is 2.67. The van der Waals surface area contributed by atoms with Crippen molar-refractivity contribution in [3.8, 4) is 0 Å². The fourth-order valence-electron chi connectivity index (χ4n) is 0.778. The Bertz CT molecular complexity index is 338. The minimum atomic E-state index is 0.360. The topological polar surface area (TPSA) is 50.4 Å². The highest BCUT2D eigenvalue weighted by molar-refractivity contribution is 9.10. The summed E-state index contributed by atoms with van der Waals surface area (Å²) in [7, 11) is 1.61. The summed E-state index contributed by atoms with van der Waals surface area (Å²) in [6, 6.07) is 5.46. The molecule has 1 aromatic rings. The van der Waals surface area contributed by atoms with Gasteiger partial charge in [0.25, 0.3) is 0 Å². The minimum Gasteiger partial charge on any atom is -0.370 e. The molecule has 0 aliphatic heterocycles. The van der Waals surface area contributed by atoms with Crippen LogP contribution in [-0.4, -0.2) is 13.0 Å². The molecule has 0 aliphatic carbocycles. The van der Waals surface area contributed by atoms with Crippen molar-refractivity contribution in [1.29, 1.82) is 0 Å². The van der Waals surface area contributed by atoms with Gasteiger partial charge in [0.1, 0.15) is 0 Å². The van der Waals surface area contributed by atoms with Gasteiger partial charge < -0.3 is 11.1 Å². The first kappa shape index (κ1) is 10.3. The summed E-state index contributed by atoms with van der Waals surface area (Å²) in [5, 5.41) is 3.52. The maximum atomic E-state index is 5.87. The lowest BCUT2D eigenvalue weighted by Gasteiger charge is -2.05. The molecule has 0 saturated carbocycles. The van der Waals surface area contributed by atoms with Crippen molar-refractivity contribution in [3.63, 3.8) is 0 Å². The Morgan fingerprint density at radius 1 is 1.62 bits per heavy atom. The van der Waals surface area contributed by atoms with E-state index in [0.29, 0.717) is 11.0 Å². The Labute approximate surface area is 90.1 Å². The van der Waals surface area contributed by atoms with Crippen LogP contribution >= 0.6 is 27.5 Å². The average molecular weight is 263 g/mol. The summed E-state index contributed by atoms with van der Waals surface area (Å²) in [5.41, 5.74) is 6.29. The molecule has 0 spiro atoms. The Hall–Kier alpha value is -0.740. The number of aliphatic imine (C=N–C) groups is 1. The van der Waals surface area contributed by atoms with E-state index in [0.717, 1.165) is 10.2 Å². The molecule has 13 heavy (non-hydrogen) atoms. The summed E-state index contributed by atoms with van der Waals surface area (Å²) < 4.78 is 0.853. The van der Waals surface area contributed by atoms with Gasteiger partial charge in [0, 0.05) is 17.2 Å². The van der Waals surface area contributed by atoms with Gasteiger partial charge in [-0.2, -0.15) is 0 Å². The van der Waals surface area contributed by atoms with Gasteiger partial charge in [-0.3, -0.25) is 4.99 Å². The van der Waals surface area contributed by atoms with Crippen LogP contribution < -0.4 is 11.1 Å². The van der Waals surface area contributed by atoms with Crippen LogP contribution in [0.1, 0.15) is 0 Å². The molecular weight excluding hydrogens is 253 g/mol. The van der Waals surface area contributed by atoms with Crippen LogP contribution in [-0.2, 0) is 0 Å². The van der Waals surface area contributed by atoms with Crippen LogP contribution in [0.4, 0.5) is 5.69 Å².